The molecule has 0 amide bonds. The van der Waals surface area contributed by atoms with Crippen LogP contribution in [0.4, 0.5) is 0 Å². The molecular formula is C24H33O2P. The van der Waals surface area contributed by atoms with Gasteiger partial charge in [0.2, 0.25) is 0 Å². The van der Waals surface area contributed by atoms with Crippen molar-refractivity contribution < 1.29 is 9.47 Å². The van der Waals surface area contributed by atoms with Crippen molar-refractivity contribution in [1.82, 2.24) is 0 Å². The van der Waals surface area contributed by atoms with E-state index in [-0.39, 0.29) is 20.1 Å². The van der Waals surface area contributed by atoms with Crippen molar-refractivity contribution in [2.45, 2.75) is 77.9 Å². The van der Waals surface area contributed by atoms with Crippen molar-refractivity contribution in [1.29, 1.82) is 0 Å². The molecule has 0 radical (unpaired) electrons. The fraction of sp³-hybridized carbons (Fsp3) is 0.500. The molecule has 1 heterocycles. The molecule has 0 bridgehead atoms. The Kier molecular flexibility index (Phi) is 6.48. The van der Waals surface area contributed by atoms with Gasteiger partial charge in [-0.15, -0.1) is 0 Å². The SMILES string of the molecule is CC(C)Oc1cccc(OC(C)C)c1-c1ccccc1P1[C@@H](C)CC[C@@H]1C. The van der Waals surface area contributed by atoms with Gasteiger partial charge in [0.15, 0.2) is 0 Å². The van der Waals surface area contributed by atoms with Gasteiger partial charge in [0.05, 0.1) is 17.8 Å². The van der Waals surface area contributed by atoms with Crippen LogP contribution in [0.2, 0.25) is 0 Å². The Bertz CT molecular complexity index is 730. The van der Waals surface area contributed by atoms with Crippen LogP contribution in [0.5, 0.6) is 11.5 Å². The van der Waals surface area contributed by atoms with Crippen LogP contribution >= 0.6 is 7.92 Å². The third-order valence-corrected chi connectivity index (χ3v) is 8.48. The van der Waals surface area contributed by atoms with Crippen molar-refractivity contribution >= 4 is 13.2 Å². The molecule has 3 rings (SSSR count). The molecule has 2 atom stereocenters. The van der Waals surface area contributed by atoms with E-state index < -0.39 is 0 Å². The molecule has 0 N–H and O–H groups in total. The Morgan fingerprint density at radius 2 is 1.30 bits per heavy atom. The van der Waals surface area contributed by atoms with Crippen LogP contribution in [-0.2, 0) is 0 Å². The summed E-state index contributed by atoms with van der Waals surface area (Å²) in [6.07, 6.45) is 2.92. The lowest BCUT2D eigenvalue weighted by molar-refractivity contribution is 0.231. The minimum atomic E-state index is -0.184. The second-order valence-electron chi connectivity index (χ2n) is 8.16. The second kappa shape index (κ2) is 8.65. The highest BCUT2D eigenvalue weighted by Crippen LogP contribution is 2.56. The molecule has 1 aliphatic rings. The number of benzene rings is 2. The summed E-state index contributed by atoms with van der Waals surface area (Å²) in [4.78, 5) is 0. The van der Waals surface area contributed by atoms with Gasteiger partial charge in [-0.2, -0.15) is 0 Å². The van der Waals surface area contributed by atoms with Crippen molar-refractivity contribution in [2.24, 2.45) is 0 Å². The summed E-state index contributed by atoms with van der Waals surface area (Å²) in [5.74, 6) is 1.84. The van der Waals surface area contributed by atoms with E-state index in [1.807, 2.05) is 6.07 Å². The summed E-state index contributed by atoms with van der Waals surface area (Å²) >= 11 is 0. The van der Waals surface area contributed by atoms with Crippen molar-refractivity contribution in [2.75, 3.05) is 0 Å². The van der Waals surface area contributed by atoms with Gasteiger partial charge in [0, 0.05) is 0 Å². The first-order valence-corrected chi connectivity index (χ1v) is 11.7. The van der Waals surface area contributed by atoms with Crippen LogP contribution in [0, 0.1) is 0 Å². The molecule has 2 aromatic rings. The molecule has 2 aromatic carbocycles. The highest BCUT2D eigenvalue weighted by Gasteiger charge is 2.33. The maximum Gasteiger partial charge on any atom is 0.131 e. The quantitative estimate of drug-likeness (QED) is 0.522. The van der Waals surface area contributed by atoms with Gasteiger partial charge in [-0.3, -0.25) is 0 Å². The zero-order valence-electron chi connectivity index (χ0n) is 17.5. The van der Waals surface area contributed by atoms with Gasteiger partial charge in [0.25, 0.3) is 0 Å². The number of hydrogen-bond donors (Lipinski definition) is 0. The Morgan fingerprint density at radius 1 is 0.778 bits per heavy atom. The molecule has 146 valence electrons. The molecule has 0 unspecified atom stereocenters. The van der Waals surface area contributed by atoms with Gasteiger partial charge < -0.3 is 9.47 Å². The topological polar surface area (TPSA) is 18.5 Å². The molecule has 0 aromatic heterocycles. The average molecular weight is 385 g/mol. The van der Waals surface area contributed by atoms with Crippen LogP contribution in [0.25, 0.3) is 11.1 Å². The smallest absolute Gasteiger partial charge is 0.131 e. The first-order valence-electron chi connectivity index (χ1n) is 10.2. The van der Waals surface area contributed by atoms with E-state index in [2.05, 4.69) is 77.9 Å². The summed E-state index contributed by atoms with van der Waals surface area (Å²) in [7, 11) is -0.184. The lowest BCUT2D eigenvalue weighted by Gasteiger charge is -2.27. The fourth-order valence-electron chi connectivity index (χ4n) is 4.06. The zero-order valence-corrected chi connectivity index (χ0v) is 18.4. The van der Waals surface area contributed by atoms with Gasteiger partial charge in [-0.1, -0.05) is 52.1 Å². The Balaban J connectivity index is 2.18. The molecule has 2 nitrogen and oxygen atoms in total. The van der Waals surface area contributed by atoms with Crippen LogP contribution in [0.3, 0.4) is 0 Å². The third kappa shape index (κ3) is 4.49. The van der Waals surface area contributed by atoms with Gasteiger partial charge in [0.1, 0.15) is 11.5 Å². The molecular weight excluding hydrogens is 351 g/mol. The molecule has 1 fully saturated rings. The monoisotopic (exact) mass is 384 g/mol. The lowest BCUT2D eigenvalue weighted by Crippen LogP contribution is -2.16. The lowest BCUT2D eigenvalue weighted by atomic mass is 10.0. The van der Waals surface area contributed by atoms with Crippen molar-refractivity contribution in [3.63, 3.8) is 0 Å². The van der Waals surface area contributed by atoms with Crippen molar-refractivity contribution in [3.05, 3.63) is 42.5 Å². The highest BCUT2D eigenvalue weighted by atomic mass is 31.1. The molecule has 1 saturated heterocycles. The summed E-state index contributed by atoms with van der Waals surface area (Å²) in [5, 5.41) is 1.50. The zero-order chi connectivity index (χ0) is 19.6. The van der Waals surface area contributed by atoms with Gasteiger partial charge in [-0.25, -0.2) is 0 Å². The molecule has 1 aliphatic heterocycles. The van der Waals surface area contributed by atoms with E-state index in [0.29, 0.717) is 0 Å². The fourth-order valence-corrected chi connectivity index (χ4v) is 7.46. The van der Waals surface area contributed by atoms with E-state index in [0.717, 1.165) is 28.4 Å². The summed E-state index contributed by atoms with van der Waals surface area (Å²) in [5.41, 5.74) is 3.94. The van der Waals surface area contributed by atoms with Gasteiger partial charge in [-0.05, 0) is 74.9 Å². The largest absolute Gasteiger partial charge is 0.490 e. The molecule has 0 aliphatic carbocycles. The Labute approximate surface area is 166 Å². The van der Waals surface area contributed by atoms with Gasteiger partial charge >= 0.3 is 0 Å². The Morgan fingerprint density at radius 3 is 1.81 bits per heavy atom. The number of ether oxygens (including phenoxy) is 2. The third-order valence-electron chi connectivity index (χ3n) is 5.12. The molecule has 27 heavy (non-hydrogen) atoms. The number of hydrogen-bond acceptors (Lipinski definition) is 2. The van der Waals surface area contributed by atoms with E-state index in [1.54, 1.807) is 0 Å². The Hall–Kier alpha value is -1.53. The predicted octanol–water partition coefficient (Wildman–Crippen LogP) is 6.61. The minimum Gasteiger partial charge on any atom is -0.490 e. The molecule has 0 saturated carbocycles. The van der Waals surface area contributed by atoms with Crippen LogP contribution < -0.4 is 14.8 Å². The predicted molar refractivity (Wildman–Crippen MR) is 118 cm³/mol. The number of rotatable bonds is 6. The summed E-state index contributed by atoms with van der Waals surface area (Å²) in [6.45, 7) is 13.2. The van der Waals surface area contributed by atoms with Crippen LogP contribution in [-0.4, -0.2) is 23.5 Å². The normalized spacial score (nSPS) is 20.4. The van der Waals surface area contributed by atoms with Crippen LogP contribution in [0.15, 0.2) is 42.5 Å². The standard InChI is InChI=1S/C24H33O2P/c1-16(2)25-21-11-9-12-22(26-17(3)4)24(21)20-10-7-8-13-23(20)27-18(5)14-15-19(27)6/h7-13,16-19H,14-15H2,1-6H3/t18-,19-/m0/s1. The van der Waals surface area contributed by atoms with Crippen LogP contribution in [0.1, 0.15) is 54.4 Å². The summed E-state index contributed by atoms with van der Waals surface area (Å²) in [6, 6.07) is 15.1. The second-order valence-corrected chi connectivity index (χ2v) is 11.2. The average Bonchev–Trinajstić information content (AvgIpc) is 2.93. The first-order chi connectivity index (χ1) is 12.9. The van der Waals surface area contributed by atoms with E-state index in [4.69, 9.17) is 9.47 Å². The first kappa shape index (κ1) is 20.2. The van der Waals surface area contributed by atoms with Crippen molar-refractivity contribution in [3.8, 4) is 22.6 Å². The maximum atomic E-state index is 6.22. The van der Waals surface area contributed by atoms with E-state index in [9.17, 15) is 0 Å². The molecule has 3 heteroatoms. The molecule has 0 spiro atoms. The van der Waals surface area contributed by atoms with E-state index >= 15 is 0 Å². The van der Waals surface area contributed by atoms with E-state index in [1.165, 1.54) is 23.7 Å². The highest BCUT2D eigenvalue weighted by molar-refractivity contribution is 7.67. The maximum absolute atomic E-state index is 6.22. The summed E-state index contributed by atoms with van der Waals surface area (Å²) < 4.78 is 12.4. The minimum absolute atomic E-state index is 0.125.